The highest BCUT2D eigenvalue weighted by atomic mass is 16.3. The van der Waals surface area contributed by atoms with Gasteiger partial charge >= 0.3 is 0 Å². The largest absolute Gasteiger partial charge is 0.396 e. The molecule has 2 N–H and O–H groups in total. The summed E-state index contributed by atoms with van der Waals surface area (Å²) < 4.78 is 1.72. The van der Waals surface area contributed by atoms with Crippen LogP contribution in [0, 0.1) is 6.92 Å². The number of hydrogen-bond donors (Lipinski definition) is 2. The van der Waals surface area contributed by atoms with Gasteiger partial charge in [-0.15, -0.1) is 0 Å². The number of nitrogens with one attached hydrogen (secondary N) is 1. The summed E-state index contributed by atoms with van der Waals surface area (Å²) >= 11 is 0. The van der Waals surface area contributed by atoms with Crippen molar-refractivity contribution < 1.29 is 9.90 Å². The molecule has 0 atom stereocenters. The van der Waals surface area contributed by atoms with Crippen LogP contribution in [0.3, 0.4) is 0 Å². The first-order chi connectivity index (χ1) is 12.2. The third kappa shape index (κ3) is 3.95. The molecule has 128 valence electrons. The highest BCUT2D eigenvalue weighted by Gasteiger charge is 2.18. The predicted octanol–water partition coefficient (Wildman–Crippen LogP) is 2.96. The molecule has 0 bridgehead atoms. The van der Waals surface area contributed by atoms with Gasteiger partial charge in [0, 0.05) is 24.9 Å². The van der Waals surface area contributed by atoms with Crippen molar-refractivity contribution in [1.29, 1.82) is 0 Å². The zero-order valence-corrected chi connectivity index (χ0v) is 14.1. The molecule has 3 aromatic rings. The van der Waals surface area contributed by atoms with Crippen LogP contribution in [0.1, 0.15) is 22.3 Å². The van der Waals surface area contributed by atoms with Crippen molar-refractivity contribution in [1.82, 2.24) is 15.1 Å². The summed E-state index contributed by atoms with van der Waals surface area (Å²) in [4.78, 5) is 12.6. The van der Waals surface area contributed by atoms with Gasteiger partial charge in [0.05, 0.1) is 11.3 Å². The Bertz CT molecular complexity index is 856. The molecule has 2 aromatic carbocycles. The Kier molecular flexibility index (Phi) is 5.26. The van der Waals surface area contributed by atoms with Crippen LogP contribution >= 0.6 is 0 Å². The van der Waals surface area contributed by atoms with Crippen LogP contribution in [0.4, 0.5) is 0 Å². The SMILES string of the molecule is Cc1cccc(-c2nn(-c3ccccc3)cc2C(=O)NCCCO)c1. The van der Waals surface area contributed by atoms with E-state index in [1.54, 1.807) is 10.9 Å². The number of hydrogen-bond acceptors (Lipinski definition) is 3. The smallest absolute Gasteiger partial charge is 0.255 e. The summed E-state index contributed by atoms with van der Waals surface area (Å²) in [5.74, 6) is -0.188. The van der Waals surface area contributed by atoms with E-state index in [-0.39, 0.29) is 12.5 Å². The van der Waals surface area contributed by atoms with E-state index in [1.165, 1.54) is 0 Å². The number of aromatic nitrogens is 2. The van der Waals surface area contributed by atoms with Crippen molar-refractivity contribution in [2.24, 2.45) is 0 Å². The number of rotatable bonds is 6. The third-order valence-electron chi connectivity index (χ3n) is 3.89. The summed E-state index contributed by atoms with van der Waals surface area (Å²) in [6.07, 6.45) is 2.28. The van der Waals surface area contributed by atoms with Crippen molar-refractivity contribution in [2.75, 3.05) is 13.2 Å². The number of amides is 1. The Balaban J connectivity index is 2.02. The van der Waals surface area contributed by atoms with Gasteiger partial charge in [0.25, 0.3) is 5.91 Å². The molecule has 0 radical (unpaired) electrons. The second-order valence-corrected chi connectivity index (χ2v) is 5.87. The maximum atomic E-state index is 12.6. The van der Waals surface area contributed by atoms with Crippen LogP contribution in [0.2, 0.25) is 0 Å². The Hall–Kier alpha value is -2.92. The van der Waals surface area contributed by atoms with E-state index in [1.807, 2.05) is 61.5 Å². The molecule has 0 unspecified atom stereocenters. The third-order valence-corrected chi connectivity index (χ3v) is 3.89. The van der Waals surface area contributed by atoms with Crippen LogP contribution in [-0.2, 0) is 0 Å². The lowest BCUT2D eigenvalue weighted by Crippen LogP contribution is -2.25. The maximum Gasteiger partial charge on any atom is 0.255 e. The van der Waals surface area contributed by atoms with Crippen molar-refractivity contribution in [3.8, 4) is 16.9 Å². The lowest BCUT2D eigenvalue weighted by molar-refractivity contribution is 0.0952. The van der Waals surface area contributed by atoms with Crippen molar-refractivity contribution >= 4 is 5.91 Å². The molecule has 1 amide bonds. The highest BCUT2D eigenvalue weighted by molar-refractivity contribution is 5.99. The molecule has 5 heteroatoms. The zero-order valence-electron chi connectivity index (χ0n) is 14.1. The Morgan fingerprint density at radius 1 is 1.16 bits per heavy atom. The number of benzene rings is 2. The van der Waals surface area contributed by atoms with Crippen LogP contribution in [0.5, 0.6) is 0 Å². The van der Waals surface area contributed by atoms with Gasteiger partial charge in [-0.05, 0) is 31.5 Å². The highest BCUT2D eigenvalue weighted by Crippen LogP contribution is 2.24. The molecular weight excluding hydrogens is 314 g/mol. The van der Waals surface area contributed by atoms with Gasteiger partial charge in [0.15, 0.2) is 0 Å². The van der Waals surface area contributed by atoms with Gasteiger partial charge < -0.3 is 10.4 Å². The molecule has 0 aliphatic carbocycles. The second kappa shape index (κ2) is 7.77. The van der Waals surface area contributed by atoms with E-state index in [2.05, 4.69) is 10.4 Å². The number of para-hydroxylation sites is 1. The number of aliphatic hydroxyl groups excluding tert-OH is 1. The van der Waals surface area contributed by atoms with Gasteiger partial charge in [-0.2, -0.15) is 5.10 Å². The fourth-order valence-corrected chi connectivity index (χ4v) is 2.63. The minimum atomic E-state index is -0.188. The topological polar surface area (TPSA) is 67.2 Å². The predicted molar refractivity (Wildman–Crippen MR) is 97.8 cm³/mol. The summed E-state index contributed by atoms with van der Waals surface area (Å²) in [5, 5.41) is 16.4. The Labute approximate surface area is 146 Å². The second-order valence-electron chi connectivity index (χ2n) is 5.87. The van der Waals surface area contributed by atoms with Crippen LogP contribution in [0.15, 0.2) is 60.8 Å². The number of carbonyl (C=O) groups is 1. The van der Waals surface area contributed by atoms with Crippen LogP contribution in [0.25, 0.3) is 16.9 Å². The lowest BCUT2D eigenvalue weighted by Gasteiger charge is -2.05. The molecule has 1 aromatic heterocycles. The van der Waals surface area contributed by atoms with Gasteiger partial charge in [-0.1, -0.05) is 42.0 Å². The molecular formula is C20H21N3O2. The van der Waals surface area contributed by atoms with Crippen molar-refractivity contribution in [3.05, 3.63) is 71.9 Å². The standard InChI is InChI=1S/C20H21N3O2/c1-15-7-5-8-16(13-15)19-18(20(25)21-11-6-12-24)14-23(22-19)17-9-3-2-4-10-17/h2-5,7-10,13-14,24H,6,11-12H2,1H3,(H,21,25). The Morgan fingerprint density at radius 2 is 1.96 bits per heavy atom. The first-order valence-corrected chi connectivity index (χ1v) is 8.30. The summed E-state index contributed by atoms with van der Waals surface area (Å²) in [6, 6.07) is 17.6. The van der Waals surface area contributed by atoms with E-state index in [0.29, 0.717) is 24.2 Å². The first kappa shape index (κ1) is 16.9. The average molecular weight is 335 g/mol. The monoisotopic (exact) mass is 335 g/mol. The van der Waals surface area contributed by atoms with Crippen LogP contribution < -0.4 is 5.32 Å². The van der Waals surface area contributed by atoms with Gasteiger partial charge in [-0.25, -0.2) is 4.68 Å². The van der Waals surface area contributed by atoms with E-state index in [9.17, 15) is 4.79 Å². The summed E-state index contributed by atoms with van der Waals surface area (Å²) in [6.45, 7) is 2.49. The number of carbonyl (C=O) groups excluding carboxylic acids is 1. The minimum absolute atomic E-state index is 0.0499. The fraction of sp³-hybridized carbons (Fsp3) is 0.200. The zero-order chi connectivity index (χ0) is 17.6. The Morgan fingerprint density at radius 3 is 2.68 bits per heavy atom. The molecule has 5 nitrogen and oxygen atoms in total. The van der Waals surface area contributed by atoms with Crippen LogP contribution in [-0.4, -0.2) is 33.9 Å². The molecule has 0 spiro atoms. The first-order valence-electron chi connectivity index (χ1n) is 8.30. The molecule has 0 aliphatic heterocycles. The minimum Gasteiger partial charge on any atom is -0.396 e. The quantitative estimate of drug-likeness (QED) is 0.681. The van der Waals surface area contributed by atoms with Gasteiger partial charge in [0.2, 0.25) is 0 Å². The van der Waals surface area contributed by atoms with Gasteiger partial charge in [0.1, 0.15) is 5.69 Å². The van der Waals surface area contributed by atoms with Gasteiger partial charge in [-0.3, -0.25) is 4.79 Å². The van der Waals surface area contributed by atoms with Crippen molar-refractivity contribution in [3.63, 3.8) is 0 Å². The summed E-state index contributed by atoms with van der Waals surface area (Å²) in [5.41, 5.74) is 4.08. The number of aliphatic hydroxyl groups is 1. The maximum absolute atomic E-state index is 12.6. The van der Waals surface area contributed by atoms with E-state index >= 15 is 0 Å². The molecule has 3 rings (SSSR count). The van der Waals surface area contributed by atoms with E-state index in [0.717, 1.165) is 16.8 Å². The number of aryl methyl sites for hydroxylation is 1. The average Bonchev–Trinajstić information content (AvgIpc) is 3.08. The molecule has 1 heterocycles. The lowest BCUT2D eigenvalue weighted by atomic mass is 10.1. The van der Waals surface area contributed by atoms with E-state index in [4.69, 9.17) is 5.11 Å². The molecule has 0 saturated heterocycles. The summed E-state index contributed by atoms with van der Waals surface area (Å²) in [7, 11) is 0. The van der Waals surface area contributed by atoms with E-state index < -0.39 is 0 Å². The van der Waals surface area contributed by atoms with Crippen molar-refractivity contribution in [2.45, 2.75) is 13.3 Å². The molecule has 0 saturated carbocycles. The molecule has 0 aliphatic rings. The fourth-order valence-electron chi connectivity index (χ4n) is 2.63. The molecule has 25 heavy (non-hydrogen) atoms. The number of nitrogens with zero attached hydrogens (tertiary/aromatic N) is 2. The normalized spacial score (nSPS) is 10.6. The molecule has 0 fully saturated rings.